The Morgan fingerprint density at radius 1 is 0.878 bits per heavy atom. The van der Waals surface area contributed by atoms with Crippen molar-refractivity contribution in [3.05, 3.63) is 105 Å². The number of ketones is 2. The number of Topliss-reactive ketones (excluding diaryl/α,β-unsaturated/α-hetero) is 2. The average molecular weight is 561 g/mol. The molecule has 3 aromatic carbocycles. The lowest BCUT2D eigenvalue weighted by Gasteiger charge is -2.12. The number of hydrogen-bond acceptors (Lipinski definition) is 9. The van der Waals surface area contributed by atoms with Crippen LogP contribution in [0.5, 0.6) is 0 Å². The molecule has 0 aliphatic rings. The van der Waals surface area contributed by atoms with E-state index in [1.54, 1.807) is 24.3 Å². The third-order valence-electron chi connectivity index (χ3n) is 5.92. The van der Waals surface area contributed by atoms with Gasteiger partial charge in [-0.15, -0.1) is 0 Å². The zero-order valence-corrected chi connectivity index (χ0v) is 22.5. The van der Waals surface area contributed by atoms with Crippen LogP contribution in [-0.2, 0) is 19.1 Å². The molecule has 0 fully saturated rings. The number of nitro benzene ring substituents is 1. The lowest BCUT2D eigenvalue weighted by molar-refractivity contribution is -0.384. The minimum atomic E-state index is -0.942. The predicted molar refractivity (Wildman–Crippen MR) is 148 cm³/mol. The number of ether oxygens (including phenoxy) is 2. The number of nitrogens with one attached hydrogen (secondary N) is 1. The second-order valence-electron chi connectivity index (χ2n) is 9.15. The number of rotatable bonds is 13. The topological polar surface area (TPSA) is 159 Å². The van der Waals surface area contributed by atoms with Crippen molar-refractivity contribution >= 4 is 40.8 Å². The highest BCUT2D eigenvalue weighted by Gasteiger charge is 2.20. The summed E-state index contributed by atoms with van der Waals surface area (Å²) in [6, 6.07) is 17.8. The van der Waals surface area contributed by atoms with Gasteiger partial charge in [-0.2, -0.15) is 0 Å². The Balaban J connectivity index is 1.39. The molecule has 1 N–H and O–H groups in total. The maximum atomic E-state index is 12.4. The number of aryl methyl sites for hydroxylation is 1. The van der Waals surface area contributed by atoms with Crippen molar-refractivity contribution < 1.29 is 38.4 Å². The first-order valence-electron chi connectivity index (χ1n) is 12.7. The van der Waals surface area contributed by atoms with Crippen LogP contribution in [0.1, 0.15) is 62.8 Å². The van der Waals surface area contributed by atoms with Gasteiger partial charge in [0.2, 0.25) is 17.5 Å². The zero-order chi connectivity index (χ0) is 29.9. The van der Waals surface area contributed by atoms with E-state index in [9.17, 15) is 34.1 Å². The van der Waals surface area contributed by atoms with Crippen LogP contribution in [-0.4, -0.2) is 47.0 Å². The Hall–Kier alpha value is -5.19. The summed E-state index contributed by atoms with van der Waals surface area (Å²) in [6.07, 6.45) is -0.751. The van der Waals surface area contributed by atoms with Gasteiger partial charge in [-0.05, 0) is 44.5 Å². The molecule has 0 aliphatic carbocycles. The van der Waals surface area contributed by atoms with E-state index in [0.717, 1.165) is 11.6 Å². The molecule has 0 heterocycles. The number of benzene rings is 3. The lowest BCUT2D eigenvalue weighted by Crippen LogP contribution is -2.24. The maximum absolute atomic E-state index is 12.4. The summed E-state index contributed by atoms with van der Waals surface area (Å²) in [5.74, 6) is -2.63. The molecule has 1 unspecified atom stereocenters. The highest BCUT2D eigenvalue weighted by Crippen LogP contribution is 2.15. The molecule has 0 aromatic heterocycles. The van der Waals surface area contributed by atoms with E-state index in [-0.39, 0.29) is 47.8 Å². The standard InChI is InChI=1S/C30H28N2O9/c1-19-9-11-21(12-10-19)29(36)20(2)41-28(35)8-4-7-27(34)31-24-15-13-22(14-16-24)30(37)40-18-26(33)23-5-3-6-25(17-23)32(38)39/h3,5-6,9-17,20H,4,7-8,18H2,1-2H3,(H,31,34). The third kappa shape index (κ3) is 9.20. The molecule has 0 bridgehead atoms. The fourth-order valence-electron chi connectivity index (χ4n) is 3.66. The Bertz CT molecular complexity index is 1450. The largest absolute Gasteiger partial charge is 0.454 e. The first-order chi connectivity index (χ1) is 19.5. The number of nitro groups is 1. The summed E-state index contributed by atoms with van der Waals surface area (Å²) in [5.41, 5.74) is 1.78. The van der Waals surface area contributed by atoms with Gasteiger partial charge < -0.3 is 14.8 Å². The van der Waals surface area contributed by atoms with E-state index in [2.05, 4.69) is 5.32 Å². The molecule has 0 radical (unpaired) electrons. The number of carbonyl (C=O) groups excluding carboxylic acids is 5. The highest BCUT2D eigenvalue weighted by atomic mass is 16.6. The molecule has 0 saturated heterocycles. The smallest absolute Gasteiger partial charge is 0.338 e. The third-order valence-corrected chi connectivity index (χ3v) is 5.92. The molecular weight excluding hydrogens is 532 g/mol. The van der Waals surface area contributed by atoms with Crippen LogP contribution in [0.15, 0.2) is 72.8 Å². The summed E-state index contributed by atoms with van der Waals surface area (Å²) in [5, 5.41) is 13.5. The van der Waals surface area contributed by atoms with Gasteiger partial charge in [-0.3, -0.25) is 29.3 Å². The lowest BCUT2D eigenvalue weighted by atomic mass is 10.1. The van der Waals surface area contributed by atoms with E-state index in [0.29, 0.717) is 11.3 Å². The Kier molecular flexibility index (Phi) is 10.6. The number of hydrogen-bond donors (Lipinski definition) is 1. The molecule has 3 rings (SSSR count). The number of nitrogens with zero attached hydrogens (tertiary/aromatic N) is 1. The van der Waals surface area contributed by atoms with Crippen LogP contribution in [0, 0.1) is 17.0 Å². The van der Waals surface area contributed by atoms with Crippen molar-refractivity contribution in [3.63, 3.8) is 0 Å². The van der Waals surface area contributed by atoms with Crippen molar-refractivity contribution in [2.75, 3.05) is 11.9 Å². The van der Waals surface area contributed by atoms with Crippen molar-refractivity contribution in [1.29, 1.82) is 0 Å². The van der Waals surface area contributed by atoms with E-state index >= 15 is 0 Å². The molecule has 41 heavy (non-hydrogen) atoms. The SMILES string of the molecule is Cc1ccc(C(=O)C(C)OC(=O)CCCC(=O)Nc2ccc(C(=O)OCC(=O)c3cccc([N+](=O)[O-])c3)cc2)cc1. The fraction of sp³-hybridized carbons (Fsp3) is 0.233. The van der Waals surface area contributed by atoms with Crippen molar-refractivity contribution in [3.8, 4) is 0 Å². The minimum Gasteiger partial charge on any atom is -0.454 e. The van der Waals surface area contributed by atoms with E-state index in [1.807, 2.05) is 6.92 Å². The Morgan fingerprint density at radius 3 is 2.20 bits per heavy atom. The number of amides is 1. The number of non-ortho nitro benzene ring substituents is 1. The maximum Gasteiger partial charge on any atom is 0.338 e. The summed E-state index contributed by atoms with van der Waals surface area (Å²) < 4.78 is 10.2. The Labute approximate surface area is 235 Å². The highest BCUT2D eigenvalue weighted by molar-refractivity contribution is 6.01. The van der Waals surface area contributed by atoms with Gasteiger partial charge in [0.25, 0.3) is 5.69 Å². The number of carbonyl (C=O) groups is 5. The molecule has 0 spiro atoms. The minimum absolute atomic E-state index is 0.0267. The van der Waals surface area contributed by atoms with Gasteiger partial charge in [-0.1, -0.05) is 42.0 Å². The molecule has 3 aromatic rings. The predicted octanol–water partition coefficient (Wildman–Crippen LogP) is 4.87. The average Bonchev–Trinajstić information content (AvgIpc) is 2.96. The number of esters is 2. The zero-order valence-electron chi connectivity index (χ0n) is 22.5. The van der Waals surface area contributed by atoms with Crippen LogP contribution >= 0.6 is 0 Å². The van der Waals surface area contributed by atoms with Crippen LogP contribution in [0.4, 0.5) is 11.4 Å². The second kappa shape index (κ2) is 14.3. The molecular formula is C30H28N2O9. The van der Waals surface area contributed by atoms with Crippen molar-refractivity contribution in [2.24, 2.45) is 0 Å². The van der Waals surface area contributed by atoms with Gasteiger partial charge in [0.15, 0.2) is 12.7 Å². The molecule has 1 atom stereocenters. The van der Waals surface area contributed by atoms with Crippen LogP contribution < -0.4 is 5.32 Å². The first kappa shape index (κ1) is 30.4. The van der Waals surface area contributed by atoms with Gasteiger partial charge in [0.05, 0.1) is 10.5 Å². The van der Waals surface area contributed by atoms with Crippen molar-refractivity contribution in [1.82, 2.24) is 0 Å². The van der Waals surface area contributed by atoms with Crippen LogP contribution in [0.3, 0.4) is 0 Å². The quantitative estimate of drug-likeness (QED) is 0.133. The van der Waals surface area contributed by atoms with Crippen molar-refractivity contribution in [2.45, 2.75) is 39.2 Å². The van der Waals surface area contributed by atoms with Gasteiger partial charge in [0, 0.05) is 41.8 Å². The monoisotopic (exact) mass is 560 g/mol. The van der Waals surface area contributed by atoms with E-state index in [4.69, 9.17) is 9.47 Å². The summed E-state index contributed by atoms with van der Waals surface area (Å²) in [7, 11) is 0. The first-order valence-corrected chi connectivity index (χ1v) is 12.7. The molecule has 0 saturated carbocycles. The van der Waals surface area contributed by atoms with E-state index < -0.39 is 35.4 Å². The summed E-state index contributed by atoms with van der Waals surface area (Å²) >= 11 is 0. The molecule has 212 valence electrons. The second-order valence-corrected chi connectivity index (χ2v) is 9.15. The normalized spacial score (nSPS) is 11.2. The van der Waals surface area contributed by atoms with Crippen LogP contribution in [0.25, 0.3) is 0 Å². The molecule has 0 aliphatic heterocycles. The fourth-order valence-corrected chi connectivity index (χ4v) is 3.66. The summed E-state index contributed by atoms with van der Waals surface area (Å²) in [6.45, 7) is 2.81. The Morgan fingerprint density at radius 2 is 1.54 bits per heavy atom. The molecule has 11 heteroatoms. The van der Waals surface area contributed by atoms with Gasteiger partial charge in [-0.25, -0.2) is 4.79 Å². The molecule has 11 nitrogen and oxygen atoms in total. The van der Waals surface area contributed by atoms with Gasteiger partial charge in [0.1, 0.15) is 0 Å². The summed E-state index contributed by atoms with van der Waals surface area (Å²) in [4.78, 5) is 71.5. The van der Waals surface area contributed by atoms with E-state index in [1.165, 1.54) is 49.4 Å². The molecule has 1 amide bonds. The van der Waals surface area contributed by atoms with Crippen LogP contribution in [0.2, 0.25) is 0 Å². The number of anilines is 1. The van der Waals surface area contributed by atoms with Gasteiger partial charge >= 0.3 is 11.9 Å².